The van der Waals surface area contributed by atoms with Crippen molar-refractivity contribution in [3.05, 3.63) is 17.0 Å². The van der Waals surface area contributed by atoms with Crippen LogP contribution in [0.25, 0.3) is 0 Å². The van der Waals surface area contributed by atoms with Gasteiger partial charge in [0.2, 0.25) is 0 Å². The molecule has 1 aliphatic rings. The van der Waals surface area contributed by atoms with Gasteiger partial charge in [0.15, 0.2) is 0 Å². The molecule has 0 saturated heterocycles. The lowest BCUT2D eigenvalue weighted by Crippen LogP contribution is -2.02. The maximum absolute atomic E-state index is 4.11. The summed E-state index contributed by atoms with van der Waals surface area (Å²) in [6.07, 6.45) is 0. The van der Waals surface area contributed by atoms with Crippen molar-refractivity contribution < 1.29 is 0 Å². The number of hydrogen-bond acceptors (Lipinski definition) is 2. The molecule has 48 valence electrons. The minimum absolute atomic E-state index is 0.930. The van der Waals surface area contributed by atoms with Crippen LogP contribution < -0.4 is 5.32 Å². The number of rotatable bonds is 0. The number of aromatic amines is 1. The molecular weight excluding hydrogens is 114 g/mol. The van der Waals surface area contributed by atoms with Crippen LogP contribution in [0.3, 0.4) is 0 Å². The molecule has 1 aromatic heterocycles. The van der Waals surface area contributed by atoms with Crippen LogP contribution >= 0.6 is 0 Å². The first-order valence-electron chi connectivity index (χ1n) is 3.11. The van der Waals surface area contributed by atoms with Gasteiger partial charge in [0.05, 0.1) is 5.69 Å². The highest BCUT2D eigenvalue weighted by Crippen LogP contribution is 2.14. The van der Waals surface area contributed by atoms with Gasteiger partial charge in [0.25, 0.3) is 0 Å². The van der Waals surface area contributed by atoms with E-state index in [1.807, 2.05) is 0 Å². The molecule has 2 rings (SSSR count). The van der Waals surface area contributed by atoms with E-state index in [-0.39, 0.29) is 0 Å². The fourth-order valence-electron chi connectivity index (χ4n) is 1.19. The van der Waals surface area contributed by atoms with Gasteiger partial charge in [-0.05, 0) is 6.92 Å². The third-order valence-corrected chi connectivity index (χ3v) is 1.75. The van der Waals surface area contributed by atoms with Crippen molar-refractivity contribution in [1.82, 2.24) is 15.5 Å². The summed E-state index contributed by atoms with van der Waals surface area (Å²) < 4.78 is 0. The fourth-order valence-corrected chi connectivity index (χ4v) is 1.19. The van der Waals surface area contributed by atoms with Crippen molar-refractivity contribution in [2.45, 2.75) is 20.0 Å². The summed E-state index contributed by atoms with van der Waals surface area (Å²) in [5.74, 6) is 0. The molecule has 0 fully saturated rings. The lowest BCUT2D eigenvalue weighted by atomic mass is 10.2. The zero-order chi connectivity index (χ0) is 6.27. The molecule has 9 heavy (non-hydrogen) atoms. The topological polar surface area (TPSA) is 40.7 Å². The fraction of sp³-hybridized carbons (Fsp3) is 0.500. The van der Waals surface area contributed by atoms with Gasteiger partial charge in [0.1, 0.15) is 0 Å². The van der Waals surface area contributed by atoms with Crippen molar-refractivity contribution >= 4 is 0 Å². The van der Waals surface area contributed by atoms with Crippen molar-refractivity contribution in [2.24, 2.45) is 0 Å². The van der Waals surface area contributed by atoms with Gasteiger partial charge < -0.3 is 5.32 Å². The van der Waals surface area contributed by atoms with Crippen LogP contribution in [0.4, 0.5) is 0 Å². The molecule has 3 nitrogen and oxygen atoms in total. The molecular formula is C6H9N3. The molecule has 0 saturated carbocycles. The van der Waals surface area contributed by atoms with Gasteiger partial charge in [-0.2, -0.15) is 5.10 Å². The number of aromatic nitrogens is 2. The Morgan fingerprint density at radius 3 is 3.11 bits per heavy atom. The molecule has 0 spiro atoms. The molecule has 0 radical (unpaired) electrons. The summed E-state index contributed by atoms with van der Waals surface area (Å²) in [4.78, 5) is 0. The Kier molecular flexibility index (Phi) is 0.873. The van der Waals surface area contributed by atoms with Crippen molar-refractivity contribution in [3.63, 3.8) is 0 Å². The van der Waals surface area contributed by atoms with Crippen LogP contribution in [-0.2, 0) is 13.1 Å². The quantitative estimate of drug-likeness (QED) is 0.521. The van der Waals surface area contributed by atoms with E-state index in [0.717, 1.165) is 13.1 Å². The third-order valence-electron chi connectivity index (χ3n) is 1.75. The van der Waals surface area contributed by atoms with Crippen LogP contribution in [-0.4, -0.2) is 10.2 Å². The summed E-state index contributed by atoms with van der Waals surface area (Å²) in [5.41, 5.74) is 3.75. The molecule has 0 unspecified atom stereocenters. The second kappa shape index (κ2) is 1.57. The first kappa shape index (κ1) is 4.99. The first-order valence-corrected chi connectivity index (χ1v) is 3.11. The summed E-state index contributed by atoms with van der Waals surface area (Å²) >= 11 is 0. The highest BCUT2D eigenvalue weighted by molar-refractivity contribution is 5.27. The molecule has 0 aliphatic carbocycles. The molecule has 0 aromatic carbocycles. The Hall–Kier alpha value is -0.830. The van der Waals surface area contributed by atoms with E-state index < -0.39 is 0 Å². The SMILES string of the molecule is Cc1[nH]nc2c1CNC2. The maximum atomic E-state index is 4.11. The zero-order valence-corrected chi connectivity index (χ0v) is 5.36. The Bertz CT molecular complexity index is 226. The van der Waals surface area contributed by atoms with Crippen LogP contribution in [0.2, 0.25) is 0 Å². The Labute approximate surface area is 53.5 Å². The van der Waals surface area contributed by atoms with Gasteiger partial charge in [-0.1, -0.05) is 0 Å². The average Bonchev–Trinajstić information content (AvgIpc) is 2.35. The Morgan fingerprint density at radius 1 is 1.44 bits per heavy atom. The van der Waals surface area contributed by atoms with Crippen LogP contribution in [0.1, 0.15) is 17.0 Å². The van der Waals surface area contributed by atoms with Crippen LogP contribution in [0, 0.1) is 6.92 Å². The molecule has 2 N–H and O–H groups in total. The van der Waals surface area contributed by atoms with Gasteiger partial charge in [-0.25, -0.2) is 0 Å². The lowest BCUT2D eigenvalue weighted by molar-refractivity contribution is 0.737. The van der Waals surface area contributed by atoms with Crippen LogP contribution in [0.15, 0.2) is 0 Å². The third kappa shape index (κ3) is 0.580. The number of nitrogens with zero attached hydrogens (tertiary/aromatic N) is 1. The molecule has 2 heterocycles. The zero-order valence-electron chi connectivity index (χ0n) is 5.36. The molecule has 0 amide bonds. The van der Waals surface area contributed by atoms with Crippen LogP contribution in [0.5, 0.6) is 0 Å². The Morgan fingerprint density at radius 2 is 2.33 bits per heavy atom. The summed E-state index contributed by atoms with van der Waals surface area (Å²) in [7, 11) is 0. The van der Waals surface area contributed by atoms with Gasteiger partial charge in [0, 0.05) is 24.3 Å². The molecule has 1 aromatic rings. The number of H-pyrrole nitrogens is 1. The first-order chi connectivity index (χ1) is 4.38. The minimum Gasteiger partial charge on any atom is -0.307 e. The number of hydrogen-bond donors (Lipinski definition) is 2. The maximum Gasteiger partial charge on any atom is 0.0807 e. The van der Waals surface area contributed by atoms with Crippen molar-refractivity contribution in [1.29, 1.82) is 0 Å². The normalized spacial score (nSPS) is 16.1. The standard InChI is InChI=1S/C6H9N3/c1-4-5-2-7-3-6(5)9-8-4/h7H,2-3H2,1H3,(H,8,9). The predicted octanol–water partition coefficient (Wildman–Crippen LogP) is 0.321. The highest BCUT2D eigenvalue weighted by atomic mass is 15.2. The molecule has 1 aliphatic heterocycles. The number of aryl methyl sites for hydroxylation is 1. The summed E-state index contributed by atoms with van der Waals surface area (Å²) in [5, 5.41) is 10.3. The molecule has 0 bridgehead atoms. The largest absolute Gasteiger partial charge is 0.307 e. The van der Waals surface area contributed by atoms with E-state index in [0.29, 0.717) is 0 Å². The monoisotopic (exact) mass is 123 g/mol. The van der Waals surface area contributed by atoms with E-state index >= 15 is 0 Å². The Balaban J connectivity index is 2.56. The van der Waals surface area contributed by atoms with Crippen molar-refractivity contribution in [3.8, 4) is 0 Å². The smallest absolute Gasteiger partial charge is 0.0807 e. The summed E-state index contributed by atoms with van der Waals surface area (Å²) in [6, 6.07) is 0. The average molecular weight is 123 g/mol. The van der Waals surface area contributed by atoms with Gasteiger partial charge >= 0.3 is 0 Å². The number of nitrogens with one attached hydrogen (secondary N) is 2. The van der Waals surface area contributed by atoms with Gasteiger partial charge in [-0.15, -0.1) is 0 Å². The minimum atomic E-state index is 0.930. The molecule has 3 heteroatoms. The number of fused-ring (bicyclic) bond motifs is 1. The second-order valence-corrected chi connectivity index (χ2v) is 2.38. The van der Waals surface area contributed by atoms with E-state index in [9.17, 15) is 0 Å². The van der Waals surface area contributed by atoms with Crippen molar-refractivity contribution in [2.75, 3.05) is 0 Å². The summed E-state index contributed by atoms with van der Waals surface area (Å²) in [6.45, 7) is 3.97. The second-order valence-electron chi connectivity index (χ2n) is 2.38. The predicted molar refractivity (Wildman–Crippen MR) is 33.9 cm³/mol. The van der Waals surface area contributed by atoms with E-state index in [1.165, 1.54) is 17.0 Å². The lowest BCUT2D eigenvalue weighted by Gasteiger charge is -1.87. The van der Waals surface area contributed by atoms with E-state index in [4.69, 9.17) is 0 Å². The van der Waals surface area contributed by atoms with E-state index in [2.05, 4.69) is 22.4 Å². The van der Waals surface area contributed by atoms with Gasteiger partial charge in [-0.3, -0.25) is 5.10 Å². The molecule has 0 atom stereocenters. The van der Waals surface area contributed by atoms with E-state index in [1.54, 1.807) is 0 Å². The highest BCUT2D eigenvalue weighted by Gasteiger charge is 2.14.